The molecule has 0 bridgehead atoms. The molecule has 4 amide bonds. The number of urea groups is 1. The monoisotopic (exact) mass is 282 g/mol. The summed E-state index contributed by atoms with van der Waals surface area (Å²) in [6, 6.07) is -1.03. The van der Waals surface area contributed by atoms with Crippen LogP contribution in [0.4, 0.5) is 4.79 Å². The molecule has 0 saturated carbocycles. The number of amides is 4. The number of carbonyl (C=O) groups excluding carboxylic acids is 3. The molecule has 2 aliphatic rings. The molecule has 2 saturated heterocycles. The van der Waals surface area contributed by atoms with Gasteiger partial charge in [-0.1, -0.05) is 0 Å². The summed E-state index contributed by atoms with van der Waals surface area (Å²) in [6.07, 6.45) is 0.887. The Balaban J connectivity index is 2.08. The van der Waals surface area contributed by atoms with Gasteiger partial charge in [0.15, 0.2) is 0 Å². The predicted octanol–water partition coefficient (Wildman–Crippen LogP) is -0.345. The van der Waals surface area contributed by atoms with Gasteiger partial charge in [0.1, 0.15) is 5.54 Å². The van der Waals surface area contributed by atoms with E-state index in [1.165, 1.54) is 4.90 Å². The van der Waals surface area contributed by atoms with Crippen molar-refractivity contribution >= 4 is 17.8 Å². The molecule has 2 aliphatic heterocycles. The van der Waals surface area contributed by atoms with Gasteiger partial charge in [0, 0.05) is 19.1 Å². The van der Waals surface area contributed by atoms with Crippen molar-refractivity contribution in [3.8, 4) is 0 Å². The third-order valence-electron chi connectivity index (χ3n) is 4.03. The Bertz CT molecular complexity index is 439. The van der Waals surface area contributed by atoms with Crippen LogP contribution in [-0.4, -0.2) is 58.4 Å². The number of hydrogen-bond acceptors (Lipinski definition) is 4. The van der Waals surface area contributed by atoms with Gasteiger partial charge in [0.05, 0.1) is 6.04 Å². The summed E-state index contributed by atoms with van der Waals surface area (Å²) in [5.41, 5.74) is 4.75. The maximum Gasteiger partial charge on any atom is 0.325 e. The average Bonchev–Trinajstić information content (AvgIpc) is 2.61. The van der Waals surface area contributed by atoms with Crippen LogP contribution in [0.3, 0.4) is 0 Å². The summed E-state index contributed by atoms with van der Waals surface area (Å²) in [6.45, 7) is 6.16. The molecule has 2 rings (SSSR count). The topological polar surface area (TPSA) is 95.7 Å². The second-order valence-electron chi connectivity index (χ2n) is 5.90. The first-order chi connectivity index (χ1) is 9.28. The van der Waals surface area contributed by atoms with Crippen LogP contribution < -0.4 is 11.1 Å². The number of carbonyl (C=O) groups is 3. The van der Waals surface area contributed by atoms with E-state index < -0.39 is 11.6 Å². The molecular weight excluding hydrogens is 260 g/mol. The van der Waals surface area contributed by atoms with Crippen LogP contribution in [0.5, 0.6) is 0 Å². The zero-order chi connectivity index (χ0) is 15.1. The van der Waals surface area contributed by atoms with Gasteiger partial charge in [0.25, 0.3) is 5.91 Å². The number of rotatable bonds is 2. The van der Waals surface area contributed by atoms with Gasteiger partial charge in [-0.05, 0) is 33.6 Å². The van der Waals surface area contributed by atoms with Crippen LogP contribution in [0.25, 0.3) is 0 Å². The number of nitrogens with two attached hydrogens (primary N) is 1. The van der Waals surface area contributed by atoms with Crippen molar-refractivity contribution in [3.05, 3.63) is 0 Å². The predicted molar refractivity (Wildman–Crippen MR) is 72.7 cm³/mol. The maximum atomic E-state index is 12.5. The number of nitrogens with one attached hydrogen (secondary N) is 1. The maximum absolute atomic E-state index is 12.5. The summed E-state index contributed by atoms with van der Waals surface area (Å²) < 4.78 is 0. The van der Waals surface area contributed by atoms with Crippen molar-refractivity contribution in [2.45, 2.75) is 51.2 Å². The minimum Gasteiger partial charge on any atom is -0.341 e. The number of piperidine rings is 1. The second kappa shape index (κ2) is 5.05. The van der Waals surface area contributed by atoms with Crippen molar-refractivity contribution in [3.63, 3.8) is 0 Å². The Morgan fingerprint density at radius 2 is 1.80 bits per heavy atom. The molecule has 1 unspecified atom stereocenters. The van der Waals surface area contributed by atoms with Crippen LogP contribution in [0.15, 0.2) is 0 Å². The van der Waals surface area contributed by atoms with Crippen molar-refractivity contribution in [1.29, 1.82) is 0 Å². The normalized spacial score (nSPS) is 23.4. The molecule has 0 aromatic rings. The SMILES string of the molecule is CC(N)C(=O)N1CCC2(CC1)NC(=O)N(C(C)C)C2=O. The zero-order valence-electron chi connectivity index (χ0n) is 12.2. The minimum atomic E-state index is -0.837. The highest BCUT2D eigenvalue weighted by atomic mass is 16.2. The largest absolute Gasteiger partial charge is 0.341 e. The first kappa shape index (κ1) is 14.8. The Kier molecular flexibility index (Phi) is 3.73. The third-order valence-corrected chi connectivity index (χ3v) is 4.03. The lowest BCUT2D eigenvalue weighted by Crippen LogP contribution is -2.57. The second-order valence-corrected chi connectivity index (χ2v) is 5.90. The number of nitrogens with zero attached hydrogens (tertiary/aromatic N) is 2. The summed E-state index contributed by atoms with van der Waals surface area (Å²) in [4.78, 5) is 39.1. The molecule has 112 valence electrons. The molecule has 2 fully saturated rings. The highest BCUT2D eigenvalue weighted by Crippen LogP contribution is 2.30. The molecule has 1 atom stereocenters. The molecule has 2 heterocycles. The molecule has 7 nitrogen and oxygen atoms in total. The molecular formula is C13H22N4O3. The highest BCUT2D eigenvalue weighted by Gasteiger charge is 2.53. The van der Waals surface area contributed by atoms with Crippen LogP contribution in [0.1, 0.15) is 33.6 Å². The van der Waals surface area contributed by atoms with Crippen LogP contribution >= 0.6 is 0 Å². The molecule has 0 aromatic heterocycles. The molecule has 3 N–H and O–H groups in total. The van der Waals surface area contributed by atoms with Gasteiger partial charge in [0.2, 0.25) is 5.91 Å². The quantitative estimate of drug-likeness (QED) is 0.677. The third kappa shape index (κ3) is 2.26. The molecule has 0 aliphatic carbocycles. The summed E-state index contributed by atoms with van der Waals surface area (Å²) in [5.74, 6) is -0.289. The highest BCUT2D eigenvalue weighted by molar-refractivity contribution is 6.07. The van der Waals surface area contributed by atoms with Crippen LogP contribution in [0, 0.1) is 0 Å². The van der Waals surface area contributed by atoms with Crippen molar-refractivity contribution in [2.24, 2.45) is 5.73 Å². The smallest absolute Gasteiger partial charge is 0.325 e. The molecule has 0 aromatic carbocycles. The van der Waals surface area contributed by atoms with Crippen molar-refractivity contribution in [1.82, 2.24) is 15.1 Å². The van der Waals surface area contributed by atoms with Gasteiger partial charge < -0.3 is 16.0 Å². The Morgan fingerprint density at radius 1 is 1.25 bits per heavy atom. The summed E-state index contributed by atoms with van der Waals surface area (Å²) in [7, 11) is 0. The molecule has 7 heteroatoms. The van der Waals surface area contributed by atoms with E-state index in [9.17, 15) is 14.4 Å². The molecule has 0 radical (unpaired) electrons. The lowest BCUT2D eigenvalue weighted by atomic mass is 9.87. The first-order valence-corrected chi connectivity index (χ1v) is 6.99. The van der Waals surface area contributed by atoms with E-state index in [2.05, 4.69) is 5.32 Å². The van der Waals surface area contributed by atoms with Crippen LogP contribution in [-0.2, 0) is 9.59 Å². The fourth-order valence-electron chi connectivity index (χ4n) is 2.85. The van der Waals surface area contributed by atoms with E-state index in [1.807, 2.05) is 13.8 Å². The van der Waals surface area contributed by atoms with E-state index >= 15 is 0 Å². The first-order valence-electron chi connectivity index (χ1n) is 6.99. The fourth-order valence-corrected chi connectivity index (χ4v) is 2.85. The Labute approximate surface area is 118 Å². The van der Waals surface area contributed by atoms with E-state index in [0.29, 0.717) is 25.9 Å². The Morgan fingerprint density at radius 3 is 2.20 bits per heavy atom. The molecule has 20 heavy (non-hydrogen) atoms. The van der Waals surface area contributed by atoms with E-state index in [0.717, 1.165) is 0 Å². The van der Waals surface area contributed by atoms with Gasteiger partial charge >= 0.3 is 6.03 Å². The van der Waals surface area contributed by atoms with Gasteiger partial charge in [-0.2, -0.15) is 0 Å². The summed E-state index contributed by atoms with van der Waals surface area (Å²) >= 11 is 0. The van der Waals surface area contributed by atoms with Gasteiger partial charge in [-0.25, -0.2) is 4.79 Å². The Hall–Kier alpha value is -1.63. The van der Waals surface area contributed by atoms with E-state index in [4.69, 9.17) is 5.73 Å². The van der Waals surface area contributed by atoms with Gasteiger partial charge in [-0.15, -0.1) is 0 Å². The zero-order valence-corrected chi connectivity index (χ0v) is 12.2. The summed E-state index contributed by atoms with van der Waals surface area (Å²) in [5, 5.41) is 2.81. The van der Waals surface area contributed by atoms with Crippen molar-refractivity contribution < 1.29 is 14.4 Å². The fraction of sp³-hybridized carbons (Fsp3) is 0.769. The van der Waals surface area contributed by atoms with Gasteiger partial charge in [-0.3, -0.25) is 14.5 Å². The van der Waals surface area contributed by atoms with Crippen molar-refractivity contribution in [2.75, 3.05) is 13.1 Å². The average molecular weight is 282 g/mol. The van der Waals surface area contributed by atoms with Crippen LogP contribution in [0.2, 0.25) is 0 Å². The number of imide groups is 1. The standard InChI is InChI=1S/C13H22N4O3/c1-8(2)17-11(19)13(15-12(17)20)4-6-16(7-5-13)10(18)9(3)14/h8-9H,4-7,14H2,1-3H3,(H,15,20). The minimum absolute atomic E-state index is 0.114. The molecule has 1 spiro atoms. The van der Waals surface area contributed by atoms with E-state index in [1.54, 1.807) is 11.8 Å². The lowest BCUT2D eigenvalue weighted by molar-refractivity contribution is -0.139. The van der Waals surface area contributed by atoms with E-state index in [-0.39, 0.29) is 23.9 Å². The number of hydrogen-bond donors (Lipinski definition) is 2. The number of likely N-dealkylation sites (tertiary alicyclic amines) is 1. The lowest BCUT2D eigenvalue weighted by Gasteiger charge is -2.38.